The van der Waals surface area contributed by atoms with E-state index in [-0.39, 0.29) is 10.7 Å². The molecule has 0 fully saturated rings. The lowest BCUT2D eigenvalue weighted by Gasteiger charge is -2.10. The lowest BCUT2D eigenvalue weighted by atomic mass is 10.1. The second-order valence-electron chi connectivity index (χ2n) is 3.97. The van der Waals surface area contributed by atoms with E-state index in [4.69, 9.17) is 10.9 Å². The SMILES string of the molecule is Cc1ccnc(Sc2cc(F)ccc2F)c1/C(N)=N/O. The van der Waals surface area contributed by atoms with Gasteiger partial charge in [-0.1, -0.05) is 16.9 Å². The largest absolute Gasteiger partial charge is 0.409 e. The molecule has 0 atom stereocenters. The minimum atomic E-state index is -0.565. The summed E-state index contributed by atoms with van der Waals surface area (Å²) >= 11 is 0.915. The molecule has 0 unspecified atom stereocenters. The van der Waals surface area contributed by atoms with E-state index >= 15 is 0 Å². The molecular weight excluding hydrogens is 284 g/mol. The van der Waals surface area contributed by atoms with Gasteiger partial charge in [-0.25, -0.2) is 13.8 Å². The Balaban J connectivity index is 2.49. The van der Waals surface area contributed by atoms with Gasteiger partial charge in [0.2, 0.25) is 0 Å². The van der Waals surface area contributed by atoms with Crippen molar-refractivity contribution in [2.45, 2.75) is 16.8 Å². The van der Waals surface area contributed by atoms with Crippen LogP contribution in [0.5, 0.6) is 0 Å². The van der Waals surface area contributed by atoms with Crippen LogP contribution in [0.3, 0.4) is 0 Å². The molecule has 104 valence electrons. The average molecular weight is 295 g/mol. The minimum Gasteiger partial charge on any atom is -0.409 e. The van der Waals surface area contributed by atoms with Crippen molar-refractivity contribution >= 4 is 17.6 Å². The molecule has 0 radical (unpaired) electrons. The van der Waals surface area contributed by atoms with Crippen LogP contribution in [0.2, 0.25) is 0 Å². The maximum Gasteiger partial charge on any atom is 0.173 e. The van der Waals surface area contributed by atoms with Gasteiger partial charge < -0.3 is 10.9 Å². The molecule has 20 heavy (non-hydrogen) atoms. The summed E-state index contributed by atoms with van der Waals surface area (Å²) in [6.45, 7) is 1.75. The zero-order chi connectivity index (χ0) is 14.7. The molecule has 7 heteroatoms. The Kier molecular flexibility index (Phi) is 4.19. The van der Waals surface area contributed by atoms with Crippen LogP contribution in [0.4, 0.5) is 8.78 Å². The van der Waals surface area contributed by atoms with Crippen LogP contribution in [0.25, 0.3) is 0 Å². The van der Waals surface area contributed by atoms with Gasteiger partial charge >= 0.3 is 0 Å². The summed E-state index contributed by atoms with van der Waals surface area (Å²) < 4.78 is 26.8. The van der Waals surface area contributed by atoms with Crippen molar-refractivity contribution < 1.29 is 14.0 Å². The number of nitrogens with two attached hydrogens (primary N) is 1. The summed E-state index contributed by atoms with van der Waals surface area (Å²) in [5, 5.41) is 12.1. The van der Waals surface area contributed by atoms with Crippen molar-refractivity contribution in [1.29, 1.82) is 0 Å². The second kappa shape index (κ2) is 5.87. The molecule has 3 N–H and O–H groups in total. The van der Waals surface area contributed by atoms with E-state index in [9.17, 15) is 8.78 Å². The van der Waals surface area contributed by atoms with E-state index < -0.39 is 11.6 Å². The zero-order valence-corrected chi connectivity index (χ0v) is 11.3. The van der Waals surface area contributed by atoms with Gasteiger partial charge in [-0.3, -0.25) is 0 Å². The predicted molar refractivity (Wildman–Crippen MR) is 72.0 cm³/mol. The molecule has 1 heterocycles. The van der Waals surface area contributed by atoms with Crippen molar-refractivity contribution in [3.05, 3.63) is 53.2 Å². The van der Waals surface area contributed by atoms with E-state index in [1.807, 2.05) is 0 Å². The van der Waals surface area contributed by atoms with Gasteiger partial charge in [0.15, 0.2) is 5.84 Å². The Morgan fingerprint density at radius 3 is 2.80 bits per heavy atom. The number of aryl methyl sites for hydroxylation is 1. The maximum absolute atomic E-state index is 13.6. The van der Waals surface area contributed by atoms with Crippen molar-refractivity contribution in [2.75, 3.05) is 0 Å². The van der Waals surface area contributed by atoms with E-state index in [2.05, 4.69) is 10.1 Å². The summed E-state index contributed by atoms with van der Waals surface area (Å²) in [6.07, 6.45) is 1.52. The molecule has 0 aliphatic heterocycles. The number of hydrogen-bond donors (Lipinski definition) is 2. The van der Waals surface area contributed by atoms with Gasteiger partial charge in [-0.15, -0.1) is 0 Å². The average Bonchev–Trinajstić information content (AvgIpc) is 2.42. The van der Waals surface area contributed by atoms with Gasteiger partial charge in [0.1, 0.15) is 16.7 Å². The minimum absolute atomic E-state index is 0.0788. The normalized spacial score (nSPS) is 11.7. The van der Waals surface area contributed by atoms with Crippen LogP contribution in [-0.4, -0.2) is 16.0 Å². The molecule has 4 nitrogen and oxygen atoms in total. The highest BCUT2D eigenvalue weighted by Gasteiger charge is 2.15. The number of hydrogen-bond acceptors (Lipinski definition) is 4. The lowest BCUT2D eigenvalue weighted by Crippen LogP contribution is -2.16. The fraction of sp³-hybridized carbons (Fsp3) is 0.0769. The van der Waals surface area contributed by atoms with Crippen molar-refractivity contribution in [1.82, 2.24) is 4.98 Å². The monoisotopic (exact) mass is 295 g/mol. The molecule has 0 bridgehead atoms. The van der Waals surface area contributed by atoms with Gasteiger partial charge in [-0.05, 0) is 36.8 Å². The fourth-order valence-corrected chi connectivity index (χ4v) is 2.66. The predicted octanol–water partition coefficient (Wildman–Crippen LogP) is 2.91. The molecule has 0 saturated heterocycles. The molecule has 0 amide bonds. The Labute approximate surface area is 118 Å². The summed E-state index contributed by atoms with van der Waals surface area (Å²) in [5.74, 6) is -1.24. The Morgan fingerprint density at radius 2 is 2.10 bits per heavy atom. The Bertz CT molecular complexity index is 677. The highest BCUT2D eigenvalue weighted by atomic mass is 32.2. The molecule has 2 rings (SSSR count). The fourth-order valence-electron chi connectivity index (χ4n) is 1.63. The first-order valence-corrected chi connectivity index (χ1v) is 6.41. The summed E-state index contributed by atoms with van der Waals surface area (Å²) in [4.78, 5) is 4.16. The summed E-state index contributed by atoms with van der Waals surface area (Å²) in [7, 11) is 0. The number of pyridine rings is 1. The number of halogens is 2. The van der Waals surface area contributed by atoms with Crippen molar-refractivity contribution in [2.24, 2.45) is 10.9 Å². The van der Waals surface area contributed by atoms with Gasteiger partial charge in [0.25, 0.3) is 0 Å². The van der Waals surface area contributed by atoms with Crippen LogP contribution in [-0.2, 0) is 0 Å². The number of benzene rings is 1. The van der Waals surface area contributed by atoms with E-state index in [1.54, 1.807) is 13.0 Å². The zero-order valence-electron chi connectivity index (χ0n) is 10.5. The third-order valence-corrected chi connectivity index (χ3v) is 3.62. The number of aromatic nitrogens is 1. The van der Waals surface area contributed by atoms with E-state index in [0.717, 1.165) is 35.5 Å². The summed E-state index contributed by atoms with van der Waals surface area (Å²) in [6, 6.07) is 4.82. The number of nitrogens with zero attached hydrogens (tertiary/aromatic N) is 2. The van der Waals surface area contributed by atoms with E-state index in [1.165, 1.54) is 6.20 Å². The molecule has 0 saturated carbocycles. The first-order chi connectivity index (χ1) is 9.52. The third kappa shape index (κ3) is 2.88. The highest BCUT2D eigenvalue weighted by molar-refractivity contribution is 7.99. The topological polar surface area (TPSA) is 71.5 Å². The Morgan fingerprint density at radius 1 is 1.35 bits per heavy atom. The molecule has 0 spiro atoms. The number of rotatable bonds is 3. The van der Waals surface area contributed by atoms with Gasteiger partial charge in [0, 0.05) is 6.20 Å². The standard InChI is InChI=1S/C13H11F2N3OS/c1-7-4-5-17-13(11(7)12(16)18-19)20-10-6-8(14)2-3-9(10)15/h2-6,19H,1H3,(H2,16,18). The third-order valence-electron chi connectivity index (χ3n) is 2.59. The first-order valence-electron chi connectivity index (χ1n) is 5.59. The lowest BCUT2D eigenvalue weighted by molar-refractivity contribution is 0.318. The molecule has 0 aliphatic carbocycles. The maximum atomic E-state index is 13.6. The molecule has 2 aromatic rings. The second-order valence-corrected chi connectivity index (χ2v) is 5.00. The van der Waals surface area contributed by atoms with Crippen LogP contribution < -0.4 is 5.73 Å². The van der Waals surface area contributed by atoms with Gasteiger partial charge in [-0.2, -0.15) is 0 Å². The number of amidine groups is 1. The van der Waals surface area contributed by atoms with E-state index in [0.29, 0.717) is 10.6 Å². The first kappa shape index (κ1) is 14.3. The Hall–Kier alpha value is -2.15. The molecule has 1 aromatic heterocycles. The van der Waals surface area contributed by atoms with Crippen molar-refractivity contribution in [3.8, 4) is 0 Å². The van der Waals surface area contributed by atoms with Crippen molar-refractivity contribution in [3.63, 3.8) is 0 Å². The molecular formula is C13H11F2N3OS. The number of oxime groups is 1. The highest BCUT2D eigenvalue weighted by Crippen LogP contribution is 2.32. The van der Waals surface area contributed by atoms with Crippen LogP contribution in [0.1, 0.15) is 11.1 Å². The smallest absolute Gasteiger partial charge is 0.173 e. The molecule has 1 aromatic carbocycles. The van der Waals surface area contributed by atoms with Crippen LogP contribution in [0.15, 0.2) is 45.5 Å². The summed E-state index contributed by atoms with van der Waals surface area (Å²) in [5.41, 5.74) is 6.71. The van der Waals surface area contributed by atoms with Gasteiger partial charge in [0.05, 0.1) is 10.5 Å². The van der Waals surface area contributed by atoms with Crippen LogP contribution >= 0.6 is 11.8 Å². The quantitative estimate of drug-likeness (QED) is 0.395. The molecule has 0 aliphatic rings. The van der Waals surface area contributed by atoms with Crippen LogP contribution in [0, 0.1) is 18.6 Å².